The molecule has 0 atom stereocenters. The van der Waals surface area contributed by atoms with Gasteiger partial charge < -0.3 is 5.73 Å². The zero-order valence-electron chi connectivity index (χ0n) is 8.96. The molecule has 2 aromatic rings. The monoisotopic (exact) mass is 320 g/mol. The van der Waals surface area contributed by atoms with Gasteiger partial charge in [-0.1, -0.05) is 23.4 Å². The van der Waals surface area contributed by atoms with Gasteiger partial charge in [-0.15, -0.1) is 11.3 Å². The molecule has 96 valence electrons. The summed E-state index contributed by atoms with van der Waals surface area (Å²) in [6, 6.07) is 8.46. The lowest BCUT2D eigenvalue weighted by atomic mass is 10.3. The van der Waals surface area contributed by atoms with Crippen LogP contribution in [-0.4, -0.2) is 8.42 Å². The summed E-state index contributed by atoms with van der Waals surface area (Å²) < 4.78 is 23.2. The molecule has 0 bridgehead atoms. The average Bonchev–Trinajstić information content (AvgIpc) is 2.72. The number of hydrogen-bond donors (Lipinski definition) is 2. The molecule has 1 heterocycles. The molecule has 0 saturated heterocycles. The fourth-order valence-corrected chi connectivity index (χ4v) is 4.47. The standard InChI is InChI=1S/C10H9ClN2O2S3/c11-7-5-6(1-2-8(7)12)16-9-3-4-10(17-9)18(13,14)15/h1-5H,12H2,(H2,13,14,15). The third kappa shape index (κ3) is 3.18. The highest BCUT2D eigenvalue weighted by Crippen LogP contribution is 2.36. The lowest BCUT2D eigenvalue weighted by molar-refractivity contribution is 0.600. The molecule has 1 aromatic heterocycles. The normalized spacial score (nSPS) is 11.7. The quantitative estimate of drug-likeness (QED) is 0.851. The maximum Gasteiger partial charge on any atom is 0.247 e. The van der Waals surface area contributed by atoms with Crippen molar-refractivity contribution in [1.29, 1.82) is 0 Å². The number of anilines is 1. The van der Waals surface area contributed by atoms with E-state index >= 15 is 0 Å². The molecule has 0 amide bonds. The third-order valence-electron chi connectivity index (χ3n) is 2.03. The zero-order chi connectivity index (χ0) is 13.3. The van der Waals surface area contributed by atoms with Gasteiger partial charge in [0.05, 0.1) is 14.9 Å². The Hall–Kier alpha value is -0.730. The Labute approximate surface area is 118 Å². The Morgan fingerprint density at radius 1 is 1.22 bits per heavy atom. The van der Waals surface area contributed by atoms with Crippen LogP contribution in [0.4, 0.5) is 5.69 Å². The average molecular weight is 321 g/mol. The first-order valence-electron chi connectivity index (χ1n) is 4.72. The van der Waals surface area contributed by atoms with E-state index in [4.69, 9.17) is 22.5 Å². The van der Waals surface area contributed by atoms with E-state index in [1.807, 2.05) is 6.07 Å². The first-order chi connectivity index (χ1) is 8.36. The number of hydrogen-bond acceptors (Lipinski definition) is 5. The van der Waals surface area contributed by atoms with Gasteiger partial charge in [-0.2, -0.15) is 0 Å². The summed E-state index contributed by atoms with van der Waals surface area (Å²) in [5, 5.41) is 5.52. The molecule has 0 saturated carbocycles. The number of primary sulfonamides is 1. The maximum absolute atomic E-state index is 11.1. The highest BCUT2D eigenvalue weighted by atomic mass is 35.5. The van der Waals surface area contributed by atoms with Gasteiger partial charge in [0.1, 0.15) is 4.21 Å². The summed E-state index contributed by atoms with van der Waals surface area (Å²) in [7, 11) is -3.63. The number of thiophene rings is 1. The molecule has 2 rings (SSSR count). The van der Waals surface area contributed by atoms with Gasteiger partial charge in [-0.3, -0.25) is 0 Å². The molecule has 8 heteroatoms. The van der Waals surface area contributed by atoms with Crippen LogP contribution in [0.3, 0.4) is 0 Å². The number of benzene rings is 1. The predicted molar refractivity (Wildman–Crippen MR) is 75.7 cm³/mol. The van der Waals surface area contributed by atoms with Gasteiger partial charge in [0.2, 0.25) is 10.0 Å². The van der Waals surface area contributed by atoms with Crippen molar-refractivity contribution in [3.63, 3.8) is 0 Å². The molecule has 4 nitrogen and oxygen atoms in total. The Bertz CT molecular complexity index is 682. The molecule has 0 fully saturated rings. The molecule has 0 aliphatic carbocycles. The minimum atomic E-state index is -3.63. The Morgan fingerprint density at radius 2 is 1.94 bits per heavy atom. The Balaban J connectivity index is 2.24. The van der Waals surface area contributed by atoms with Crippen LogP contribution < -0.4 is 10.9 Å². The van der Waals surface area contributed by atoms with Gasteiger partial charge in [-0.25, -0.2) is 13.6 Å². The van der Waals surface area contributed by atoms with Crippen LogP contribution in [0.5, 0.6) is 0 Å². The Kier molecular flexibility index (Phi) is 3.88. The highest BCUT2D eigenvalue weighted by Gasteiger charge is 2.12. The number of rotatable bonds is 3. The van der Waals surface area contributed by atoms with Crippen LogP contribution >= 0.6 is 34.7 Å². The SMILES string of the molecule is Nc1ccc(Sc2ccc(S(N)(=O)=O)s2)cc1Cl. The van der Waals surface area contributed by atoms with Crippen LogP contribution in [0.1, 0.15) is 0 Å². The van der Waals surface area contributed by atoms with E-state index in [0.29, 0.717) is 10.7 Å². The first kappa shape index (κ1) is 13.7. The van der Waals surface area contributed by atoms with Gasteiger partial charge in [-0.05, 0) is 30.3 Å². The van der Waals surface area contributed by atoms with E-state index in [9.17, 15) is 8.42 Å². The molecule has 1 aromatic carbocycles. The summed E-state index contributed by atoms with van der Waals surface area (Å²) in [6.07, 6.45) is 0. The molecule has 0 radical (unpaired) electrons. The third-order valence-corrected chi connectivity index (χ3v) is 6.00. The molecule has 18 heavy (non-hydrogen) atoms. The summed E-state index contributed by atoms with van der Waals surface area (Å²) in [5.41, 5.74) is 6.12. The summed E-state index contributed by atoms with van der Waals surface area (Å²) in [4.78, 5) is 0.886. The number of halogens is 1. The topological polar surface area (TPSA) is 86.2 Å². The smallest absolute Gasteiger partial charge is 0.247 e. The van der Waals surface area contributed by atoms with Crippen LogP contribution in [0.2, 0.25) is 5.02 Å². The number of nitrogen functional groups attached to an aromatic ring is 1. The molecule has 0 aliphatic heterocycles. The number of sulfonamides is 1. The first-order valence-corrected chi connectivity index (χ1v) is 8.27. The second-order valence-corrected chi connectivity index (χ2v) is 8.06. The van der Waals surface area contributed by atoms with E-state index < -0.39 is 10.0 Å². The van der Waals surface area contributed by atoms with E-state index in [1.165, 1.54) is 17.8 Å². The van der Waals surface area contributed by atoms with Crippen molar-refractivity contribution in [2.45, 2.75) is 13.3 Å². The summed E-state index contributed by atoms with van der Waals surface area (Å²) >= 11 is 8.43. The summed E-state index contributed by atoms with van der Waals surface area (Å²) in [6.45, 7) is 0. The second-order valence-electron chi connectivity index (χ2n) is 3.40. The molecule has 0 aliphatic rings. The van der Waals surface area contributed by atoms with Gasteiger partial charge in [0, 0.05) is 4.90 Å². The van der Waals surface area contributed by atoms with Crippen molar-refractivity contribution in [3.8, 4) is 0 Å². The van der Waals surface area contributed by atoms with Crippen molar-refractivity contribution in [2.24, 2.45) is 5.14 Å². The van der Waals surface area contributed by atoms with E-state index in [2.05, 4.69) is 0 Å². The van der Waals surface area contributed by atoms with Crippen LogP contribution in [0, 0.1) is 0 Å². The zero-order valence-corrected chi connectivity index (χ0v) is 12.2. The van der Waals surface area contributed by atoms with Crippen LogP contribution in [-0.2, 0) is 10.0 Å². The van der Waals surface area contributed by atoms with Gasteiger partial charge >= 0.3 is 0 Å². The van der Waals surface area contributed by atoms with Crippen molar-refractivity contribution >= 4 is 50.4 Å². The van der Waals surface area contributed by atoms with Crippen molar-refractivity contribution < 1.29 is 8.42 Å². The van der Waals surface area contributed by atoms with Crippen LogP contribution in [0.25, 0.3) is 0 Å². The van der Waals surface area contributed by atoms with E-state index in [-0.39, 0.29) is 4.21 Å². The van der Waals surface area contributed by atoms with Crippen molar-refractivity contribution in [2.75, 3.05) is 5.73 Å². The molecule has 4 N–H and O–H groups in total. The minimum absolute atomic E-state index is 0.145. The number of nitrogens with two attached hydrogens (primary N) is 2. The molecule has 0 spiro atoms. The largest absolute Gasteiger partial charge is 0.398 e. The molecular weight excluding hydrogens is 312 g/mol. The fraction of sp³-hybridized carbons (Fsp3) is 0. The van der Waals surface area contributed by atoms with E-state index in [1.54, 1.807) is 18.2 Å². The highest BCUT2D eigenvalue weighted by molar-refractivity contribution is 8.01. The molecule has 0 unspecified atom stereocenters. The van der Waals surface area contributed by atoms with Gasteiger partial charge in [0.15, 0.2) is 0 Å². The maximum atomic E-state index is 11.1. The Morgan fingerprint density at radius 3 is 2.50 bits per heavy atom. The lowest BCUT2D eigenvalue weighted by Gasteiger charge is -2.01. The van der Waals surface area contributed by atoms with Gasteiger partial charge in [0.25, 0.3) is 0 Å². The lowest BCUT2D eigenvalue weighted by Crippen LogP contribution is -2.09. The van der Waals surface area contributed by atoms with Crippen molar-refractivity contribution in [3.05, 3.63) is 35.4 Å². The van der Waals surface area contributed by atoms with E-state index in [0.717, 1.165) is 20.4 Å². The van der Waals surface area contributed by atoms with Crippen LogP contribution in [0.15, 0.2) is 43.6 Å². The summed E-state index contributed by atoms with van der Waals surface area (Å²) in [5.74, 6) is 0. The predicted octanol–water partition coefficient (Wildman–Crippen LogP) is 2.78. The second kappa shape index (κ2) is 5.10. The van der Waals surface area contributed by atoms with Crippen molar-refractivity contribution in [1.82, 2.24) is 0 Å². The minimum Gasteiger partial charge on any atom is -0.398 e. The fourth-order valence-electron chi connectivity index (χ4n) is 1.20. The molecular formula is C10H9ClN2O2S3.